The molecule has 0 bridgehead atoms. The van der Waals surface area contributed by atoms with Gasteiger partial charge in [0.1, 0.15) is 4.88 Å². The number of alkyl halides is 3. The average Bonchev–Trinajstić information content (AvgIpc) is 2.28. The van der Waals surface area contributed by atoms with E-state index in [0.717, 1.165) is 0 Å². The Bertz CT molecular complexity index is 344. The molecule has 0 unspecified atom stereocenters. The summed E-state index contributed by atoms with van der Waals surface area (Å²) < 4.78 is 36.2. The molecule has 1 aromatic heterocycles. The van der Waals surface area contributed by atoms with Crippen LogP contribution in [0.1, 0.15) is 15.2 Å². The van der Waals surface area contributed by atoms with E-state index in [1.807, 2.05) is 0 Å². The number of rotatable bonds is 1. The number of halogens is 3. The average molecular weight is 211 g/mol. The van der Waals surface area contributed by atoms with Crippen LogP contribution in [0.2, 0.25) is 0 Å². The minimum atomic E-state index is -4.59. The Kier molecular flexibility index (Phi) is 2.21. The first-order valence-corrected chi connectivity index (χ1v) is 3.89. The van der Waals surface area contributed by atoms with Crippen LogP contribution in [0.25, 0.3) is 0 Å². The van der Waals surface area contributed by atoms with Gasteiger partial charge in [0.15, 0.2) is 0 Å². The Hall–Kier alpha value is -1.24. The fourth-order valence-corrected chi connectivity index (χ4v) is 1.59. The van der Waals surface area contributed by atoms with Gasteiger partial charge in [0.2, 0.25) is 0 Å². The molecule has 0 saturated carbocycles. The number of thiophene rings is 1. The Balaban J connectivity index is 3.22. The first kappa shape index (κ1) is 9.85. The molecule has 3 nitrogen and oxygen atoms in total. The second-order valence-corrected chi connectivity index (χ2v) is 3.07. The van der Waals surface area contributed by atoms with Crippen molar-refractivity contribution in [2.75, 3.05) is 5.73 Å². The normalized spacial score (nSPS) is 11.6. The van der Waals surface area contributed by atoms with Crippen LogP contribution in [0.4, 0.5) is 18.9 Å². The number of carboxylic acids is 1. The largest absolute Gasteiger partial charge is 0.477 e. The summed E-state index contributed by atoms with van der Waals surface area (Å²) in [5.74, 6) is -1.45. The van der Waals surface area contributed by atoms with Crippen LogP contribution in [0.5, 0.6) is 0 Å². The number of hydrogen-bond acceptors (Lipinski definition) is 3. The number of carbonyl (C=O) groups is 1. The quantitative estimate of drug-likeness (QED) is 0.747. The highest BCUT2D eigenvalue weighted by molar-refractivity contribution is 7.12. The molecule has 0 aliphatic carbocycles. The summed E-state index contributed by atoms with van der Waals surface area (Å²) >= 11 is 0.467. The van der Waals surface area contributed by atoms with Crippen molar-refractivity contribution in [2.24, 2.45) is 0 Å². The van der Waals surface area contributed by atoms with Crippen molar-refractivity contribution in [1.82, 2.24) is 0 Å². The van der Waals surface area contributed by atoms with E-state index in [-0.39, 0.29) is 0 Å². The topological polar surface area (TPSA) is 63.3 Å². The predicted octanol–water partition coefficient (Wildman–Crippen LogP) is 2.05. The maximum absolute atomic E-state index is 12.1. The highest BCUT2D eigenvalue weighted by Crippen LogP contribution is 2.38. The number of carboxylic acid groups (broad SMARTS) is 1. The Morgan fingerprint density at radius 1 is 1.54 bits per heavy atom. The van der Waals surface area contributed by atoms with Crippen molar-refractivity contribution < 1.29 is 23.1 Å². The minimum absolute atomic E-state index is 0.467. The van der Waals surface area contributed by atoms with Crippen LogP contribution < -0.4 is 5.73 Å². The molecule has 1 heterocycles. The zero-order valence-electron chi connectivity index (χ0n) is 6.05. The van der Waals surface area contributed by atoms with Crippen LogP contribution in [0, 0.1) is 0 Å². The fourth-order valence-electron chi connectivity index (χ4n) is 0.752. The van der Waals surface area contributed by atoms with Crippen LogP contribution in [-0.2, 0) is 6.18 Å². The van der Waals surface area contributed by atoms with Crippen LogP contribution in [-0.4, -0.2) is 11.1 Å². The summed E-state index contributed by atoms with van der Waals surface area (Å²) in [6, 6.07) is 0. The molecule has 0 amide bonds. The van der Waals surface area contributed by atoms with Gasteiger partial charge in [-0.1, -0.05) is 0 Å². The Morgan fingerprint density at radius 3 is 2.31 bits per heavy atom. The lowest BCUT2D eigenvalue weighted by atomic mass is 10.2. The van der Waals surface area contributed by atoms with E-state index in [2.05, 4.69) is 0 Å². The number of hydrogen-bond donors (Lipinski definition) is 2. The van der Waals surface area contributed by atoms with Gasteiger partial charge in [-0.3, -0.25) is 0 Å². The van der Waals surface area contributed by atoms with E-state index in [1.54, 1.807) is 0 Å². The minimum Gasteiger partial charge on any atom is -0.477 e. The maximum Gasteiger partial charge on any atom is 0.419 e. The van der Waals surface area contributed by atoms with E-state index < -0.39 is 28.3 Å². The van der Waals surface area contributed by atoms with Gasteiger partial charge in [0.25, 0.3) is 0 Å². The Labute approximate surface area is 74.6 Å². The first-order chi connectivity index (χ1) is 5.84. The maximum atomic E-state index is 12.1. The predicted molar refractivity (Wildman–Crippen MR) is 40.7 cm³/mol. The summed E-state index contributed by atoms with van der Waals surface area (Å²) in [5.41, 5.74) is 3.19. The molecular formula is C6H4F3NO2S. The molecule has 0 fully saturated rings. The third-order valence-electron chi connectivity index (χ3n) is 1.33. The van der Waals surface area contributed by atoms with E-state index in [0.29, 0.717) is 16.7 Å². The molecule has 0 radical (unpaired) electrons. The Morgan fingerprint density at radius 2 is 2.08 bits per heavy atom. The van der Waals surface area contributed by atoms with Crippen molar-refractivity contribution in [3.05, 3.63) is 15.8 Å². The molecule has 0 spiro atoms. The lowest BCUT2D eigenvalue weighted by Crippen LogP contribution is -2.08. The van der Waals surface area contributed by atoms with Gasteiger partial charge in [-0.2, -0.15) is 13.2 Å². The van der Waals surface area contributed by atoms with Crippen molar-refractivity contribution in [3.8, 4) is 0 Å². The monoisotopic (exact) mass is 211 g/mol. The van der Waals surface area contributed by atoms with Crippen molar-refractivity contribution in [3.63, 3.8) is 0 Å². The molecular weight excluding hydrogens is 207 g/mol. The van der Waals surface area contributed by atoms with Gasteiger partial charge in [-0.05, 0) is 0 Å². The molecule has 7 heteroatoms. The van der Waals surface area contributed by atoms with Crippen LogP contribution in [0.3, 0.4) is 0 Å². The summed E-state index contributed by atoms with van der Waals surface area (Å²) in [4.78, 5) is 9.85. The third kappa shape index (κ3) is 1.74. The smallest absolute Gasteiger partial charge is 0.419 e. The van der Waals surface area contributed by atoms with Gasteiger partial charge in [0, 0.05) is 5.38 Å². The van der Waals surface area contributed by atoms with Crippen LogP contribution >= 0.6 is 11.3 Å². The molecule has 0 aliphatic rings. The number of nitrogens with two attached hydrogens (primary N) is 1. The lowest BCUT2D eigenvalue weighted by molar-refractivity contribution is -0.136. The molecule has 3 N–H and O–H groups in total. The fraction of sp³-hybridized carbons (Fsp3) is 0.167. The second kappa shape index (κ2) is 2.91. The van der Waals surface area contributed by atoms with Crippen LogP contribution in [0.15, 0.2) is 5.38 Å². The number of nitrogen functional groups attached to an aromatic ring is 1. The summed E-state index contributed by atoms with van der Waals surface area (Å²) in [6.07, 6.45) is -4.59. The van der Waals surface area contributed by atoms with E-state index >= 15 is 0 Å². The lowest BCUT2D eigenvalue weighted by Gasteiger charge is -2.04. The standard InChI is InChI=1S/C6H4F3NO2S/c7-6(8,9)2-1-13-4(3(2)10)5(11)12/h1H,10H2,(H,11,12). The molecule has 1 aromatic rings. The van der Waals surface area contributed by atoms with Crippen molar-refractivity contribution in [2.45, 2.75) is 6.18 Å². The van der Waals surface area contributed by atoms with Gasteiger partial charge < -0.3 is 10.8 Å². The van der Waals surface area contributed by atoms with Gasteiger partial charge >= 0.3 is 12.1 Å². The van der Waals surface area contributed by atoms with E-state index in [1.165, 1.54) is 0 Å². The number of anilines is 1. The first-order valence-electron chi connectivity index (χ1n) is 3.01. The van der Waals surface area contributed by atoms with Gasteiger partial charge in [-0.25, -0.2) is 4.79 Å². The summed E-state index contributed by atoms with van der Waals surface area (Å²) in [5, 5.41) is 9.10. The SMILES string of the molecule is Nc1c(C(F)(F)F)csc1C(=O)O. The molecule has 72 valence electrons. The third-order valence-corrected chi connectivity index (χ3v) is 2.31. The highest BCUT2D eigenvalue weighted by Gasteiger charge is 2.36. The molecule has 0 saturated heterocycles. The summed E-state index contributed by atoms with van der Waals surface area (Å²) in [6.45, 7) is 0. The molecule has 13 heavy (non-hydrogen) atoms. The zero-order valence-corrected chi connectivity index (χ0v) is 6.87. The molecule has 0 aromatic carbocycles. The second-order valence-electron chi connectivity index (χ2n) is 2.20. The van der Waals surface area contributed by atoms with E-state index in [4.69, 9.17) is 10.8 Å². The highest BCUT2D eigenvalue weighted by atomic mass is 32.1. The number of aromatic carboxylic acids is 1. The zero-order chi connectivity index (χ0) is 10.2. The molecule has 1 rings (SSSR count). The molecule has 0 atom stereocenters. The molecule has 0 aliphatic heterocycles. The van der Waals surface area contributed by atoms with Crippen molar-refractivity contribution >= 4 is 23.0 Å². The van der Waals surface area contributed by atoms with Gasteiger partial charge in [0.05, 0.1) is 11.3 Å². The van der Waals surface area contributed by atoms with E-state index in [9.17, 15) is 18.0 Å². The summed E-state index contributed by atoms with van der Waals surface area (Å²) in [7, 11) is 0. The van der Waals surface area contributed by atoms with Crippen molar-refractivity contribution in [1.29, 1.82) is 0 Å². The van der Waals surface area contributed by atoms with Gasteiger partial charge in [-0.15, -0.1) is 11.3 Å².